The average molecular weight is 587 g/mol. The van der Waals surface area contributed by atoms with Crippen LogP contribution in [0.2, 0.25) is 25.7 Å². The number of carbonyl (C=O) groups is 1. The minimum Gasteiger partial charge on any atom is -0.444 e. The number of imidazole rings is 1. The first-order chi connectivity index (χ1) is 19.8. The number of alkyl carbamates (subject to hydrolysis) is 1. The lowest BCUT2D eigenvalue weighted by Gasteiger charge is -2.24. The zero-order valence-electron chi connectivity index (χ0n) is 25.8. The molecular formula is C32H42N6O3Si. The number of amides is 1. The number of carbonyl (C=O) groups excluding carboxylic acids is 1. The molecule has 0 aliphatic carbocycles. The molecule has 4 rings (SSSR count). The van der Waals surface area contributed by atoms with Gasteiger partial charge in [-0.05, 0) is 68.6 Å². The van der Waals surface area contributed by atoms with Crippen molar-refractivity contribution in [2.45, 2.75) is 84.7 Å². The summed E-state index contributed by atoms with van der Waals surface area (Å²) in [5.74, 6) is 0.701. The highest BCUT2D eigenvalue weighted by molar-refractivity contribution is 6.76. The molecule has 42 heavy (non-hydrogen) atoms. The Morgan fingerprint density at radius 2 is 1.95 bits per heavy atom. The molecule has 0 saturated heterocycles. The van der Waals surface area contributed by atoms with E-state index in [2.05, 4.69) is 55.1 Å². The van der Waals surface area contributed by atoms with Gasteiger partial charge in [0.2, 0.25) is 0 Å². The first-order valence-corrected chi connectivity index (χ1v) is 18.0. The molecule has 0 radical (unpaired) electrons. The summed E-state index contributed by atoms with van der Waals surface area (Å²) in [5.41, 5.74) is 3.97. The number of nitriles is 1. The fraction of sp³-hybridized carbons (Fsp3) is 0.438. The van der Waals surface area contributed by atoms with Gasteiger partial charge in [-0.15, -0.1) is 0 Å². The molecule has 0 aliphatic rings. The SMILES string of the molecule is Cc1cc(CC(NC(=O)OC(C)(C)C)c2nccn2Cc2cccc(C#N)c2)cc2cn(COCC[Si](C)(C)C)nc12. The monoisotopic (exact) mass is 586 g/mol. The Balaban J connectivity index is 1.59. The number of nitrogens with one attached hydrogen (secondary N) is 1. The van der Waals surface area contributed by atoms with Crippen LogP contribution in [0.1, 0.15) is 54.9 Å². The van der Waals surface area contributed by atoms with Crippen LogP contribution >= 0.6 is 0 Å². The van der Waals surface area contributed by atoms with Gasteiger partial charge >= 0.3 is 6.09 Å². The van der Waals surface area contributed by atoms with Crippen LogP contribution in [0.25, 0.3) is 10.9 Å². The highest BCUT2D eigenvalue weighted by Gasteiger charge is 2.24. The number of ether oxygens (including phenoxy) is 2. The molecule has 0 saturated carbocycles. The summed E-state index contributed by atoms with van der Waals surface area (Å²) < 4.78 is 15.4. The molecule has 9 nitrogen and oxygen atoms in total. The van der Waals surface area contributed by atoms with Crippen LogP contribution in [0.15, 0.2) is 55.0 Å². The van der Waals surface area contributed by atoms with Crippen LogP contribution in [0.5, 0.6) is 0 Å². The molecule has 2 aromatic heterocycles. The molecule has 10 heteroatoms. The quantitative estimate of drug-likeness (QED) is 0.157. The Kier molecular flexibility index (Phi) is 9.54. The third-order valence-electron chi connectivity index (χ3n) is 6.73. The van der Waals surface area contributed by atoms with E-state index >= 15 is 0 Å². The summed E-state index contributed by atoms with van der Waals surface area (Å²) in [6.07, 6.45) is 5.63. The Morgan fingerprint density at radius 1 is 1.17 bits per heavy atom. The van der Waals surface area contributed by atoms with Crippen LogP contribution in [-0.2, 0) is 29.2 Å². The zero-order chi connectivity index (χ0) is 30.5. The third kappa shape index (κ3) is 8.78. The normalized spacial score (nSPS) is 12.7. The van der Waals surface area contributed by atoms with E-state index < -0.39 is 25.8 Å². The standard InChI is InChI=1S/C32H42N6O3Si/c1-23-15-26(17-27-21-38(36-29(23)27)22-40-13-14-42(5,6)7)18-28(35-31(39)41-32(2,3)4)30-34-11-12-37(30)20-25-10-8-9-24(16-25)19-33/h8-12,15-17,21,28H,13-14,18,20,22H2,1-7H3,(H,35,39). The van der Waals surface area contributed by atoms with Crippen molar-refractivity contribution in [3.05, 3.63) is 83.1 Å². The predicted molar refractivity (Wildman–Crippen MR) is 167 cm³/mol. The maximum Gasteiger partial charge on any atom is 0.408 e. The van der Waals surface area contributed by atoms with E-state index in [4.69, 9.17) is 14.6 Å². The molecule has 1 N–H and O–H groups in total. The summed E-state index contributed by atoms with van der Waals surface area (Å²) in [7, 11) is -1.15. The average Bonchev–Trinajstić information content (AvgIpc) is 3.52. The summed E-state index contributed by atoms with van der Waals surface area (Å²) in [5, 5.41) is 18.2. The van der Waals surface area contributed by atoms with E-state index in [9.17, 15) is 10.1 Å². The first kappa shape index (κ1) is 31.0. The van der Waals surface area contributed by atoms with Crippen LogP contribution in [0, 0.1) is 18.3 Å². The highest BCUT2D eigenvalue weighted by Crippen LogP contribution is 2.25. The molecule has 0 fully saturated rings. The Bertz CT molecular complexity index is 1570. The molecule has 4 aromatic rings. The van der Waals surface area contributed by atoms with E-state index in [0.717, 1.165) is 40.2 Å². The number of nitrogens with zero attached hydrogens (tertiary/aromatic N) is 5. The largest absolute Gasteiger partial charge is 0.444 e. The maximum atomic E-state index is 12.9. The third-order valence-corrected chi connectivity index (χ3v) is 8.43. The van der Waals surface area contributed by atoms with Crippen molar-refractivity contribution in [2.24, 2.45) is 0 Å². The van der Waals surface area contributed by atoms with Gasteiger partial charge in [0.15, 0.2) is 0 Å². The Labute approximate surface area is 249 Å². The lowest BCUT2D eigenvalue weighted by atomic mass is 10.0. The molecule has 1 unspecified atom stereocenters. The van der Waals surface area contributed by atoms with Crippen LogP contribution in [0.4, 0.5) is 4.79 Å². The minimum atomic E-state index is -1.15. The van der Waals surface area contributed by atoms with Crippen molar-refractivity contribution in [1.82, 2.24) is 24.6 Å². The van der Waals surface area contributed by atoms with Gasteiger partial charge in [-0.1, -0.05) is 37.8 Å². The minimum absolute atomic E-state index is 0.418. The topological polar surface area (TPSA) is 107 Å². The lowest BCUT2D eigenvalue weighted by molar-refractivity contribution is 0.0500. The van der Waals surface area contributed by atoms with E-state index in [1.54, 1.807) is 12.3 Å². The van der Waals surface area contributed by atoms with Gasteiger partial charge in [0.05, 0.1) is 23.2 Å². The van der Waals surface area contributed by atoms with Crippen LogP contribution < -0.4 is 5.32 Å². The van der Waals surface area contributed by atoms with E-state index in [1.807, 2.05) is 60.6 Å². The fourth-order valence-electron chi connectivity index (χ4n) is 4.75. The van der Waals surface area contributed by atoms with E-state index in [0.29, 0.717) is 31.1 Å². The van der Waals surface area contributed by atoms with Crippen molar-refractivity contribution in [1.29, 1.82) is 5.26 Å². The second kappa shape index (κ2) is 12.9. The van der Waals surface area contributed by atoms with Gasteiger partial charge in [0.25, 0.3) is 0 Å². The van der Waals surface area contributed by atoms with Gasteiger partial charge in [0.1, 0.15) is 18.2 Å². The summed E-state index contributed by atoms with van der Waals surface area (Å²) in [4.78, 5) is 17.6. The molecule has 2 aromatic carbocycles. The molecule has 2 heterocycles. The number of rotatable bonds is 11. The molecule has 1 amide bonds. The van der Waals surface area contributed by atoms with E-state index in [1.165, 1.54) is 0 Å². The van der Waals surface area contributed by atoms with Crippen molar-refractivity contribution in [2.75, 3.05) is 6.61 Å². The molecular weight excluding hydrogens is 544 g/mol. The molecule has 1 atom stereocenters. The maximum absolute atomic E-state index is 12.9. The van der Waals surface area contributed by atoms with Crippen molar-refractivity contribution < 1.29 is 14.3 Å². The Morgan fingerprint density at radius 3 is 2.67 bits per heavy atom. The van der Waals surface area contributed by atoms with Gasteiger partial charge in [0, 0.05) is 51.6 Å². The summed E-state index contributed by atoms with van der Waals surface area (Å²) >= 11 is 0. The fourth-order valence-corrected chi connectivity index (χ4v) is 5.51. The molecule has 0 spiro atoms. The highest BCUT2D eigenvalue weighted by atomic mass is 28.3. The number of fused-ring (bicyclic) bond motifs is 1. The van der Waals surface area contributed by atoms with E-state index in [-0.39, 0.29) is 0 Å². The number of aryl methyl sites for hydroxylation is 1. The number of benzene rings is 2. The van der Waals surface area contributed by atoms with Gasteiger partial charge in [-0.3, -0.25) is 0 Å². The number of hydrogen-bond donors (Lipinski definition) is 1. The molecule has 0 aliphatic heterocycles. The van der Waals surface area contributed by atoms with Crippen molar-refractivity contribution in [3.63, 3.8) is 0 Å². The van der Waals surface area contributed by atoms with Gasteiger partial charge in [-0.25, -0.2) is 14.5 Å². The number of aromatic nitrogens is 4. The van der Waals surface area contributed by atoms with Crippen LogP contribution in [-0.4, -0.2) is 45.7 Å². The smallest absolute Gasteiger partial charge is 0.408 e. The molecule has 222 valence electrons. The lowest BCUT2D eigenvalue weighted by Crippen LogP contribution is -2.37. The zero-order valence-corrected chi connectivity index (χ0v) is 26.8. The summed E-state index contributed by atoms with van der Waals surface area (Å²) in [6.45, 7) is 16.3. The predicted octanol–water partition coefficient (Wildman–Crippen LogP) is 6.58. The van der Waals surface area contributed by atoms with Gasteiger partial charge < -0.3 is 19.4 Å². The first-order valence-electron chi connectivity index (χ1n) is 14.3. The van der Waals surface area contributed by atoms with Crippen molar-refractivity contribution >= 4 is 25.1 Å². The second-order valence-electron chi connectivity index (χ2n) is 13.0. The second-order valence-corrected chi connectivity index (χ2v) is 18.6. The molecule has 0 bridgehead atoms. The van der Waals surface area contributed by atoms with Crippen molar-refractivity contribution in [3.8, 4) is 6.07 Å². The van der Waals surface area contributed by atoms with Crippen LogP contribution in [0.3, 0.4) is 0 Å². The summed E-state index contributed by atoms with van der Waals surface area (Å²) in [6, 6.07) is 14.6. The Hall–Kier alpha value is -3.94. The van der Waals surface area contributed by atoms with Gasteiger partial charge in [-0.2, -0.15) is 10.4 Å². The number of hydrogen-bond acceptors (Lipinski definition) is 6.